The Morgan fingerprint density at radius 3 is 2.20 bits per heavy atom. The molecule has 3 rings (SSSR count). The second-order valence-electron chi connectivity index (χ2n) is 7.07. The number of hydrogen-bond donors (Lipinski definition) is 1. The van der Waals surface area contributed by atoms with Gasteiger partial charge in [0.05, 0.1) is 20.0 Å². The third kappa shape index (κ3) is 4.66. The van der Waals surface area contributed by atoms with Crippen LogP contribution in [0, 0.1) is 0 Å². The van der Waals surface area contributed by atoms with Crippen LogP contribution < -0.4 is 9.60 Å². The molecule has 3 aromatic rings. The second-order valence-corrected chi connectivity index (χ2v) is 11.8. The molecule has 1 atom stereocenters. The Bertz CT molecular complexity index is 1320. The number of sulfonamides is 1. The molecule has 0 aliphatic heterocycles. The zero-order valence-electron chi connectivity index (χ0n) is 17.0. The highest BCUT2D eigenvalue weighted by molar-refractivity contribution is 7.90. The third-order valence-corrected chi connectivity index (χ3v) is 8.35. The molecule has 7 nitrogen and oxygen atoms in total. The summed E-state index contributed by atoms with van der Waals surface area (Å²) in [6.07, 6.45) is 2.42. The zero-order chi connectivity index (χ0) is 22.1. The Morgan fingerprint density at radius 1 is 1.00 bits per heavy atom. The zero-order valence-corrected chi connectivity index (χ0v) is 19.4. The first-order valence-electron chi connectivity index (χ1n) is 9.52. The smallest absolute Gasteiger partial charge is 0.299 e. The maximum absolute atomic E-state index is 13.0. The van der Waals surface area contributed by atoms with Gasteiger partial charge in [-0.05, 0) is 48.7 Å². The first-order chi connectivity index (χ1) is 14.1. The van der Waals surface area contributed by atoms with E-state index in [1.807, 2.05) is 13.8 Å². The van der Waals surface area contributed by atoms with Gasteiger partial charge in [0, 0.05) is 18.8 Å². The van der Waals surface area contributed by atoms with Crippen LogP contribution in [0.25, 0.3) is 10.2 Å². The van der Waals surface area contributed by atoms with Crippen molar-refractivity contribution in [2.45, 2.75) is 49.1 Å². The predicted octanol–water partition coefficient (Wildman–Crippen LogP) is 3.31. The van der Waals surface area contributed by atoms with E-state index < -0.39 is 25.9 Å². The highest BCUT2D eigenvalue weighted by Gasteiger charge is 2.22. The van der Waals surface area contributed by atoms with Crippen molar-refractivity contribution < 1.29 is 16.8 Å². The maximum atomic E-state index is 13.0. The summed E-state index contributed by atoms with van der Waals surface area (Å²) in [6, 6.07) is 10.4. The highest BCUT2D eigenvalue weighted by Crippen LogP contribution is 2.25. The fourth-order valence-corrected chi connectivity index (χ4v) is 6.23. The van der Waals surface area contributed by atoms with E-state index >= 15 is 0 Å². The molecule has 0 saturated heterocycles. The number of fused-ring (bicyclic) bond motifs is 1. The number of sulfone groups is 1. The lowest BCUT2D eigenvalue weighted by molar-refractivity contribution is 0.550. The van der Waals surface area contributed by atoms with Gasteiger partial charge in [0.25, 0.3) is 0 Å². The number of aryl methyl sites for hydroxylation is 1. The van der Waals surface area contributed by atoms with Gasteiger partial charge in [-0.1, -0.05) is 37.3 Å². The number of aromatic nitrogens is 1. The van der Waals surface area contributed by atoms with Crippen molar-refractivity contribution >= 4 is 41.4 Å². The van der Waals surface area contributed by atoms with Crippen LogP contribution >= 0.6 is 11.3 Å². The molecular weight excluding hydrogens is 444 g/mol. The molecule has 0 saturated carbocycles. The summed E-state index contributed by atoms with van der Waals surface area (Å²) < 4.78 is 54.2. The molecule has 0 amide bonds. The highest BCUT2D eigenvalue weighted by atomic mass is 32.2. The molecule has 1 heterocycles. The molecule has 0 spiro atoms. The standard InChI is InChI=1S/C20H24N2O5S3/c1-4-12-22-18-11-10-16(13-19(18)28-20(22)23)30(26,27)21-17(5-2)14-6-8-15(9-7-14)29(3,24)25/h6-11,13,17,21H,4-5,12H2,1-3H3/t17-/m0/s1. The lowest BCUT2D eigenvalue weighted by Gasteiger charge is -2.18. The average molecular weight is 469 g/mol. The maximum Gasteiger partial charge on any atom is 0.308 e. The summed E-state index contributed by atoms with van der Waals surface area (Å²) in [5.41, 5.74) is 1.41. The van der Waals surface area contributed by atoms with E-state index in [2.05, 4.69) is 4.72 Å². The molecule has 1 N–H and O–H groups in total. The lowest BCUT2D eigenvalue weighted by atomic mass is 10.1. The Kier molecular flexibility index (Phi) is 6.51. The molecule has 30 heavy (non-hydrogen) atoms. The van der Waals surface area contributed by atoms with Gasteiger partial charge in [-0.25, -0.2) is 21.6 Å². The summed E-state index contributed by atoms with van der Waals surface area (Å²) in [7, 11) is -7.16. The predicted molar refractivity (Wildman–Crippen MR) is 119 cm³/mol. The lowest BCUT2D eigenvalue weighted by Crippen LogP contribution is -2.28. The van der Waals surface area contributed by atoms with Crippen molar-refractivity contribution in [2.24, 2.45) is 0 Å². The van der Waals surface area contributed by atoms with Crippen LogP contribution in [0.3, 0.4) is 0 Å². The molecule has 0 bridgehead atoms. The van der Waals surface area contributed by atoms with Crippen molar-refractivity contribution in [3.05, 3.63) is 57.7 Å². The number of rotatable bonds is 8. The first-order valence-corrected chi connectivity index (χ1v) is 13.7. The molecule has 0 unspecified atom stereocenters. The van der Waals surface area contributed by atoms with Gasteiger partial charge in [0.15, 0.2) is 9.84 Å². The Hall–Kier alpha value is -2.01. The van der Waals surface area contributed by atoms with E-state index in [0.717, 1.165) is 29.5 Å². The van der Waals surface area contributed by atoms with Gasteiger partial charge in [-0.2, -0.15) is 0 Å². The van der Waals surface area contributed by atoms with Crippen LogP contribution in [0.1, 0.15) is 38.3 Å². The fraction of sp³-hybridized carbons (Fsp3) is 0.350. The van der Waals surface area contributed by atoms with E-state index in [-0.39, 0.29) is 14.7 Å². The van der Waals surface area contributed by atoms with Gasteiger partial charge in [0.2, 0.25) is 10.0 Å². The topological polar surface area (TPSA) is 102 Å². The monoisotopic (exact) mass is 468 g/mol. The van der Waals surface area contributed by atoms with E-state index in [0.29, 0.717) is 23.2 Å². The van der Waals surface area contributed by atoms with Crippen LogP contribution in [0.4, 0.5) is 0 Å². The van der Waals surface area contributed by atoms with Gasteiger partial charge in [-0.3, -0.25) is 9.36 Å². The Balaban J connectivity index is 1.91. The van der Waals surface area contributed by atoms with Crippen molar-refractivity contribution in [3.63, 3.8) is 0 Å². The Morgan fingerprint density at radius 2 is 1.63 bits per heavy atom. The van der Waals surface area contributed by atoms with Crippen molar-refractivity contribution in [1.29, 1.82) is 0 Å². The number of thiazole rings is 1. The van der Waals surface area contributed by atoms with Crippen molar-refractivity contribution in [2.75, 3.05) is 6.26 Å². The Labute approximate surface area is 180 Å². The minimum absolute atomic E-state index is 0.0890. The van der Waals surface area contributed by atoms with Crippen LogP contribution in [-0.2, 0) is 26.4 Å². The van der Waals surface area contributed by atoms with E-state index in [1.54, 1.807) is 22.8 Å². The molecule has 0 aliphatic carbocycles. The van der Waals surface area contributed by atoms with E-state index in [4.69, 9.17) is 0 Å². The summed E-state index contributed by atoms with van der Waals surface area (Å²) >= 11 is 1.03. The summed E-state index contributed by atoms with van der Waals surface area (Å²) in [5.74, 6) is 0. The average Bonchev–Trinajstić information content (AvgIpc) is 3.00. The van der Waals surface area contributed by atoms with Crippen LogP contribution in [0.2, 0.25) is 0 Å². The summed E-state index contributed by atoms with van der Waals surface area (Å²) in [6.45, 7) is 4.41. The normalized spacial score (nSPS) is 13.6. The van der Waals surface area contributed by atoms with Gasteiger partial charge in [0.1, 0.15) is 0 Å². The third-order valence-electron chi connectivity index (χ3n) is 4.81. The fourth-order valence-electron chi connectivity index (χ4n) is 3.24. The van der Waals surface area contributed by atoms with E-state index in [9.17, 15) is 21.6 Å². The molecule has 0 aliphatic rings. The quantitative estimate of drug-likeness (QED) is 0.546. The second kappa shape index (κ2) is 8.62. The molecule has 2 aromatic carbocycles. The number of nitrogens with one attached hydrogen (secondary N) is 1. The van der Waals surface area contributed by atoms with Crippen molar-refractivity contribution in [1.82, 2.24) is 9.29 Å². The minimum Gasteiger partial charge on any atom is -0.299 e. The number of hydrogen-bond acceptors (Lipinski definition) is 6. The molecule has 0 fully saturated rings. The molecule has 0 radical (unpaired) electrons. The first kappa shape index (κ1) is 22.7. The SMILES string of the molecule is CCCn1c(=O)sc2cc(S(=O)(=O)N[C@@H](CC)c3ccc(S(C)(=O)=O)cc3)ccc21. The van der Waals surface area contributed by atoms with Crippen LogP contribution in [0.15, 0.2) is 57.1 Å². The largest absolute Gasteiger partial charge is 0.308 e. The van der Waals surface area contributed by atoms with Crippen molar-refractivity contribution in [3.8, 4) is 0 Å². The molecule has 10 heteroatoms. The molecule has 1 aromatic heterocycles. The number of nitrogens with zero attached hydrogens (tertiary/aromatic N) is 1. The summed E-state index contributed by atoms with van der Waals surface area (Å²) in [5, 5.41) is 0. The van der Waals surface area contributed by atoms with Gasteiger partial charge >= 0.3 is 4.87 Å². The van der Waals surface area contributed by atoms with Gasteiger partial charge in [-0.15, -0.1) is 0 Å². The van der Waals surface area contributed by atoms with Gasteiger partial charge < -0.3 is 0 Å². The molecular formula is C20H24N2O5S3. The summed E-state index contributed by atoms with van der Waals surface area (Å²) in [4.78, 5) is 12.3. The van der Waals surface area contributed by atoms with Crippen LogP contribution in [0.5, 0.6) is 0 Å². The molecule has 162 valence electrons. The minimum atomic E-state index is -3.84. The number of benzene rings is 2. The van der Waals surface area contributed by atoms with E-state index in [1.165, 1.54) is 24.3 Å². The van der Waals surface area contributed by atoms with Crippen LogP contribution in [-0.4, -0.2) is 27.7 Å².